The van der Waals surface area contributed by atoms with Gasteiger partial charge in [-0.2, -0.15) is 0 Å². The topological polar surface area (TPSA) is 115 Å². The quantitative estimate of drug-likeness (QED) is 0.296. The van der Waals surface area contributed by atoms with Crippen molar-refractivity contribution < 1.29 is 18.7 Å². The number of hydrogen-bond acceptors (Lipinski definition) is 5. The van der Waals surface area contributed by atoms with Crippen LogP contribution in [-0.2, 0) is 14.4 Å². The third-order valence-corrected chi connectivity index (χ3v) is 5.65. The highest BCUT2D eigenvalue weighted by molar-refractivity contribution is 5.89. The number of hydrogen-bond donors (Lipinski definition) is 3. The van der Waals surface area contributed by atoms with Crippen LogP contribution in [0.25, 0.3) is 0 Å². The number of carbonyl (C=O) groups is 3. The minimum atomic E-state index is -0.445. The zero-order chi connectivity index (χ0) is 24.7. The summed E-state index contributed by atoms with van der Waals surface area (Å²) in [6.45, 7) is 16.2. The van der Waals surface area contributed by atoms with E-state index in [0.29, 0.717) is 25.8 Å². The van der Waals surface area contributed by atoms with Crippen molar-refractivity contribution in [3.63, 3.8) is 0 Å². The molecule has 0 fully saturated rings. The Hall–Kier alpha value is -1.27. The molecular weight excluding hydrogens is 390 g/mol. The summed E-state index contributed by atoms with van der Waals surface area (Å²) in [4.78, 5) is 36.2. The van der Waals surface area contributed by atoms with Gasteiger partial charge in [0.05, 0.1) is 12.1 Å². The molecular formula is C25H57N3O3. The van der Waals surface area contributed by atoms with Crippen LogP contribution in [0.5, 0.6) is 0 Å². The Bertz CT molecular complexity index is 539. The van der Waals surface area contributed by atoms with Crippen molar-refractivity contribution in [2.45, 2.75) is 125 Å². The third-order valence-electron chi connectivity index (χ3n) is 5.65. The number of nitrogens with two attached hydrogens (primary N) is 2. The normalized spacial score (nSPS) is 13.6. The molecule has 190 valence electrons. The molecule has 0 bridgehead atoms. The molecule has 6 heteroatoms. The van der Waals surface area contributed by atoms with Gasteiger partial charge in [0.2, 0.25) is 5.91 Å². The van der Waals surface area contributed by atoms with Gasteiger partial charge in [0.1, 0.15) is 0 Å². The van der Waals surface area contributed by atoms with Crippen LogP contribution in [0.3, 0.4) is 0 Å². The van der Waals surface area contributed by atoms with Crippen molar-refractivity contribution >= 4 is 17.5 Å². The van der Waals surface area contributed by atoms with Gasteiger partial charge in [-0.25, -0.2) is 0 Å². The van der Waals surface area contributed by atoms with Crippen LogP contribution in [0.15, 0.2) is 0 Å². The van der Waals surface area contributed by atoms with E-state index in [1.807, 2.05) is 55.4 Å². The van der Waals surface area contributed by atoms with E-state index in [0.717, 1.165) is 38.5 Å². The summed E-state index contributed by atoms with van der Waals surface area (Å²) in [5.74, 6) is 0.246. The van der Waals surface area contributed by atoms with Crippen LogP contribution in [0, 0.1) is 10.8 Å². The number of ketones is 2. The van der Waals surface area contributed by atoms with Gasteiger partial charge in [0.15, 0.2) is 11.6 Å². The average molecular weight is 448 g/mol. The first-order valence-corrected chi connectivity index (χ1v) is 12.2. The van der Waals surface area contributed by atoms with E-state index >= 15 is 0 Å². The number of amides is 1. The van der Waals surface area contributed by atoms with E-state index in [1.54, 1.807) is 0 Å². The second-order valence-electron chi connectivity index (χ2n) is 9.87. The molecule has 0 radical (unpaired) electrons. The molecule has 5 N–H and O–H groups in total. The van der Waals surface area contributed by atoms with Crippen LogP contribution >= 0.6 is 0 Å². The maximum atomic E-state index is 12.2. The predicted molar refractivity (Wildman–Crippen MR) is 137 cm³/mol. The molecule has 0 aromatic rings. The van der Waals surface area contributed by atoms with Crippen LogP contribution in [0.2, 0.25) is 0 Å². The second kappa shape index (κ2) is 16.4. The third kappa shape index (κ3) is 14.4. The first-order valence-electron chi connectivity index (χ1n) is 12.2. The highest BCUT2D eigenvalue weighted by Crippen LogP contribution is 2.23. The molecule has 0 heterocycles. The van der Waals surface area contributed by atoms with Crippen molar-refractivity contribution in [1.82, 2.24) is 5.32 Å². The fourth-order valence-electron chi connectivity index (χ4n) is 3.13. The van der Waals surface area contributed by atoms with E-state index < -0.39 is 17.5 Å². The van der Waals surface area contributed by atoms with E-state index in [-0.39, 0.29) is 27.2 Å². The number of rotatable bonds is 15. The van der Waals surface area contributed by atoms with Gasteiger partial charge in [-0.3, -0.25) is 14.4 Å². The first kappa shape index (κ1) is 31.9. The monoisotopic (exact) mass is 447 g/mol. The lowest BCUT2D eigenvalue weighted by atomic mass is 9.81. The van der Waals surface area contributed by atoms with Crippen LogP contribution in [0.1, 0.15) is 117 Å². The van der Waals surface area contributed by atoms with Crippen LogP contribution < -0.4 is 16.8 Å². The molecule has 0 aliphatic carbocycles. The Balaban J connectivity index is -0.000000544. The summed E-state index contributed by atoms with van der Waals surface area (Å²) >= 11 is 0. The molecule has 0 spiro atoms. The molecule has 0 aliphatic heterocycles. The molecule has 2 atom stereocenters. The van der Waals surface area contributed by atoms with Crippen molar-refractivity contribution in [2.75, 3.05) is 6.54 Å². The summed E-state index contributed by atoms with van der Waals surface area (Å²) in [6, 6.07) is -0.838. The van der Waals surface area contributed by atoms with Gasteiger partial charge in [0.25, 0.3) is 0 Å². The summed E-state index contributed by atoms with van der Waals surface area (Å²) < 4.78 is 0. The zero-order valence-corrected chi connectivity index (χ0v) is 21.6. The zero-order valence-electron chi connectivity index (χ0n) is 21.6. The summed E-state index contributed by atoms with van der Waals surface area (Å²) in [7, 11) is 0. The maximum absolute atomic E-state index is 12.2. The van der Waals surface area contributed by atoms with Crippen molar-refractivity contribution in [3.8, 4) is 0 Å². The predicted octanol–water partition coefficient (Wildman–Crippen LogP) is 5.26. The van der Waals surface area contributed by atoms with E-state index in [9.17, 15) is 14.4 Å². The molecule has 0 aliphatic rings. The van der Waals surface area contributed by atoms with E-state index in [1.165, 1.54) is 0 Å². The average Bonchev–Trinajstić information content (AvgIpc) is 2.72. The Kier molecular flexibility index (Phi) is 16.9. The summed E-state index contributed by atoms with van der Waals surface area (Å²) in [5.41, 5.74) is 11.2. The van der Waals surface area contributed by atoms with E-state index in [4.69, 9.17) is 11.5 Å². The molecule has 0 aromatic carbocycles. The van der Waals surface area contributed by atoms with Crippen molar-refractivity contribution in [3.05, 3.63) is 0 Å². The lowest BCUT2D eigenvalue weighted by Crippen LogP contribution is -2.40. The molecule has 0 aromatic heterocycles. The molecule has 0 saturated heterocycles. The van der Waals surface area contributed by atoms with Crippen molar-refractivity contribution in [2.24, 2.45) is 22.3 Å². The van der Waals surface area contributed by atoms with Gasteiger partial charge in [-0.05, 0) is 32.1 Å². The number of unbranched alkanes of at least 4 members (excludes halogenated alkanes) is 3. The molecule has 31 heavy (non-hydrogen) atoms. The lowest BCUT2D eigenvalue weighted by Gasteiger charge is -2.24. The maximum Gasteiger partial charge on any atom is 0.219 e. The standard InChI is InChI=1S/C23H45N3O3.C2H6.3H2/c1-7-23(5,6)21(29)18(25)13-9-8-12-16-26-19(27)15-11-10-14-17(24)20(28)22(2,3)4;1-2;;;/h17-18H,7-16,24-25H2,1-6H3,(H,26,27);1-2H3;3*1H. The highest BCUT2D eigenvalue weighted by Gasteiger charge is 2.29. The van der Waals surface area contributed by atoms with Gasteiger partial charge < -0.3 is 16.8 Å². The molecule has 0 saturated carbocycles. The Morgan fingerprint density at radius 2 is 1.29 bits per heavy atom. The molecule has 1 amide bonds. The minimum Gasteiger partial charge on any atom is -0.356 e. The number of carbonyl (C=O) groups excluding carboxylic acids is 3. The molecule has 2 unspecified atom stereocenters. The Labute approximate surface area is 196 Å². The number of nitrogens with one attached hydrogen (secondary N) is 1. The fourth-order valence-corrected chi connectivity index (χ4v) is 3.13. The number of Topliss-reactive ketones (excluding diaryl/α,β-unsaturated/α-hetero) is 2. The van der Waals surface area contributed by atoms with Gasteiger partial charge in [0, 0.05) is 28.1 Å². The molecule has 0 rings (SSSR count). The largest absolute Gasteiger partial charge is 0.356 e. The molecule has 6 nitrogen and oxygen atoms in total. The fraction of sp³-hybridized carbons (Fsp3) is 0.880. The minimum absolute atomic E-state index is 0. The van der Waals surface area contributed by atoms with Gasteiger partial charge >= 0.3 is 0 Å². The highest BCUT2D eigenvalue weighted by atomic mass is 16.1. The lowest BCUT2D eigenvalue weighted by molar-refractivity contribution is -0.129. The van der Waals surface area contributed by atoms with Gasteiger partial charge in [-0.1, -0.05) is 74.7 Å². The van der Waals surface area contributed by atoms with Crippen LogP contribution in [0.4, 0.5) is 0 Å². The summed E-state index contributed by atoms with van der Waals surface area (Å²) in [6.07, 6.45) is 6.81. The second-order valence-corrected chi connectivity index (χ2v) is 9.87. The SMILES string of the molecule is CC.CCC(C)(C)C(=O)C(N)CCCCCNC(=O)CCCCC(N)C(=O)C(C)(C)C.[HH].[HH].[HH]. The first-order chi connectivity index (χ1) is 14.3. The van der Waals surface area contributed by atoms with Gasteiger partial charge in [-0.15, -0.1) is 0 Å². The summed E-state index contributed by atoms with van der Waals surface area (Å²) in [5, 5.41) is 2.93. The van der Waals surface area contributed by atoms with Crippen molar-refractivity contribution in [1.29, 1.82) is 0 Å². The van der Waals surface area contributed by atoms with Crippen LogP contribution in [-0.4, -0.2) is 36.1 Å². The smallest absolute Gasteiger partial charge is 0.219 e. The van der Waals surface area contributed by atoms with E-state index in [2.05, 4.69) is 5.32 Å². The Morgan fingerprint density at radius 1 is 0.806 bits per heavy atom. The Morgan fingerprint density at radius 3 is 1.77 bits per heavy atom.